The van der Waals surface area contributed by atoms with Gasteiger partial charge in [-0.3, -0.25) is 19.8 Å². The molecule has 0 saturated carbocycles. The van der Waals surface area contributed by atoms with Crippen LogP contribution in [0, 0.1) is 17.0 Å². The van der Waals surface area contributed by atoms with Crippen LogP contribution in [0.25, 0.3) is 0 Å². The first-order chi connectivity index (χ1) is 9.97. The Morgan fingerprint density at radius 1 is 1.33 bits per heavy atom. The number of hydrogen-bond donors (Lipinski definition) is 1. The van der Waals surface area contributed by atoms with Crippen LogP contribution in [-0.4, -0.2) is 53.6 Å². The van der Waals surface area contributed by atoms with Crippen LogP contribution in [0.15, 0.2) is 18.2 Å². The first kappa shape index (κ1) is 15.2. The van der Waals surface area contributed by atoms with Crippen LogP contribution in [0.2, 0.25) is 0 Å². The first-order valence-electron chi connectivity index (χ1n) is 6.91. The Morgan fingerprint density at radius 3 is 2.71 bits per heavy atom. The van der Waals surface area contributed by atoms with Gasteiger partial charge in [0.1, 0.15) is 0 Å². The second-order valence-corrected chi connectivity index (χ2v) is 5.24. The third kappa shape index (κ3) is 3.91. The molecule has 0 amide bonds. The topological polar surface area (TPSA) is 86.9 Å². The van der Waals surface area contributed by atoms with Crippen LogP contribution in [0.3, 0.4) is 0 Å². The molecule has 0 spiro atoms. The molecule has 0 radical (unpaired) electrons. The van der Waals surface area contributed by atoms with Crippen LogP contribution in [0.1, 0.15) is 12.0 Å². The van der Waals surface area contributed by atoms with Crippen LogP contribution in [0.4, 0.5) is 11.4 Å². The minimum absolute atomic E-state index is 0.0626. The number of rotatable bonds is 4. The van der Waals surface area contributed by atoms with Crippen LogP contribution < -0.4 is 4.90 Å². The van der Waals surface area contributed by atoms with E-state index in [1.165, 1.54) is 6.07 Å². The highest BCUT2D eigenvalue weighted by atomic mass is 16.6. The van der Waals surface area contributed by atoms with E-state index in [0.29, 0.717) is 12.1 Å². The lowest BCUT2D eigenvalue weighted by molar-refractivity contribution is -0.385. The molecule has 1 fully saturated rings. The van der Waals surface area contributed by atoms with E-state index in [4.69, 9.17) is 5.11 Å². The number of aryl methyl sites for hydroxylation is 1. The smallest absolute Gasteiger partial charge is 0.317 e. The summed E-state index contributed by atoms with van der Waals surface area (Å²) in [5.41, 5.74) is 1.72. The predicted molar refractivity (Wildman–Crippen MR) is 78.7 cm³/mol. The normalized spacial score (nSPS) is 16.5. The second kappa shape index (κ2) is 6.53. The second-order valence-electron chi connectivity index (χ2n) is 5.24. The van der Waals surface area contributed by atoms with Gasteiger partial charge >= 0.3 is 5.97 Å². The fraction of sp³-hybridized carbons (Fsp3) is 0.500. The summed E-state index contributed by atoms with van der Waals surface area (Å²) in [7, 11) is 0. The number of carboxylic acid groups (broad SMARTS) is 1. The van der Waals surface area contributed by atoms with Crippen molar-refractivity contribution in [2.24, 2.45) is 0 Å². The Bertz CT molecular complexity index is 547. The molecule has 1 aliphatic rings. The van der Waals surface area contributed by atoms with Crippen LogP contribution >= 0.6 is 0 Å². The number of anilines is 1. The average molecular weight is 293 g/mol. The van der Waals surface area contributed by atoms with Crippen molar-refractivity contribution in [3.05, 3.63) is 33.9 Å². The van der Waals surface area contributed by atoms with Gasteiger partial charge in [-0.2, -0.15) is 0 Å². The molecular formula is C14H19N3O4. The van der Waals surface area contributed by atoms with E-state index in [9.17, 15) is 14.9 Å². The Hall–Kier alpha value is -2.15. The van der Waals surface area contributed by atoms with E-state index in [1.807, 2.05) is 11.0 Å². The van der Waals surface area contributed by atoms with Crippen molar-refractivity contribution in [1.29, 1.82) is 0 Å². The first-order valence-corrected chi connectivity index (χ1v) is 6.91. The summed E-state index contributed by atoms with van der Waals surface area (Å²) in [4.78, 5) is 25.3. The summed E-state index contributed by atoms with van der Waals surface area (Å²) >= 11 is 0. The fourth-order valence-corrected chi connectivity index (χ4v) is 2.62. The van der Waals surface area contributed by atoms with Crippen molar-refractivity contribution in [3.8, 4) is 0 Å². The van der Waals surface area contributed by atoms with E-state index in [-0.39, 0.29) is 17.2 Å². The molecule has 1 N–H and O–H groups in total. The van der Waals surface area contributed by atoms with Gasteiger partial charge in [-0.1, -0.05) is 0 Å². The summed E-state index contributed by atoms with van der Waals surface area (Å²) in [6.07, 6.45) is 0.878. The number of aliphatic carboxylic acids is 1. The van der Waals surface area contributed by atoms with Crippen molar-refractivity contribution in [2.45, 2.75) is 13.3 Å². The van der Waals surface area contributed by atoms with Gasteiger partial charge in [0.05, 0.1) is 11.5 Å². The molecule has 1 saturated heterocycles. The number of hydrogen-bond acceptors (Lipinski definition) is 5. The quantitative estimate of drug-likeness (QED) is 0.668. The molecule has 21 heavy (non-hydrogen) atoms. The van der Waals surface area contributed by atoms with Gasteiger partial charge in [-0.05, 0) is 25.5 Å². The van der Waals surface area contributed by atoms with Gasteiger partial charge in [0.2, 0.25) is 0 Å². The van der Waals surface area contributed by atoms with Crippen LogP contribution in [-0.2, 0) is 4.79 Å². The zero-order valence-corrected chi connectivity index (χ0v) is 12.0. The molecular weight excluding hydrogens is 274 g/mol. The SMILES string of the molecule is Cc1cc(N2CCCN(CC(=O)O)CC2)ccc1[N+](=O)[O-]. The molecule has 0 unspecified atom stereocenters. The Balaban J connectivity index is 2.07. The fourth-order valence-electron chi connectivity index (χ4n) is 2.62. The van der Waals surface area contributed by atoms with Gasteiger partial charge < -0.3 is 10.0 Å². The van der Waals surface area contributed by atoms with Gasteiger partial charge in [0.15, 0.2) is 0 Å². The van der Waals surface area contributed by atoms with Gasteiger partial charge in [0.25, 0.3) is 5.69 Å². The van der Waals surface area contributed by atoms with E-state index in [2.05, 4.69) is 4.90 Å². The predicted octanol–water partition coefficient (Wildman–Crippen LogP) is 1.50. The molecule has 0 bridgehead atoms. The summed E-state index contributed by atoms with van der Waals surface area (Å²) in [6.45, 7) is 4.79. The molecule has 1 aromatic carbocycles. The molecule has 0 aromatic heterocycles. The molecule has 114 valence electrons. The zero-order valence-electron chi connectivity index (χ0n) is 12.0. The maximum atomic E-state index is 10.8. The van der Waals surface area contributed by atoms with Crippen LogP contribution in [0.5, 0.6) is 0 Å². The lowest BCUT2D eigenvalue weighted by Gasteiger charge is -2.23. The lowest BCUT2D eigenvalue weighted by Crippen LogP contribution is -2.34. The molecule has 1 aromatic rings. The lowest BCUT2D eigenvalue weighted by atomic mass is 10.1. The van der Waals surface area contributed by atoms with Crippen molar-refractivity contribution < 1.29 is 14.8 Å². The maximum absolute atomic E-state index is 10.8. The van der Waals surface area contributed by atoms with Gasteiger partial charge in [0, 0.05) is 43.5 Å². The molecule has 0 aliphatic carbocycles. The number of nitro benzene ring substituents is 1. The Labute approximate surface area is 122 Å². The standard InChI is InChI=1S/C14H19N3O4/c1-11-9-12(3-4-13(11)17(20)21)16-6-2-5-15(7-8-16)10-14(18)19/h3-4,9H,2,5-8,10H2,1H3,(H,18,19). The Kier molecular flexibility index (Phi) is 4.74. The summed E-state index contributed by atoms with van der Waals surface area (Å²) in [6, 6.07) is 5.12. The molecule has 0 atom stereocenters. The molecule has 1 heterocycles. The number of benzene rings is 1. The minimum Gasteiger partial charge on any atom is -0.480 e. The number of carbonyl (C=O) groups is 1. The number of carboxylic acids is 1. The zero-order chi connectivity index (χ0) is 15.4. The summed E-state index contributed by atoms with van der Waals surface area (Å²) in [5.74, 6) is -0.811. The summed E-state index contributed by atoms with van der Waals surface area (Å²) in [5, 5.41) is 19.7. The van der Waals surface area contributed by atoms with E-state index < -0.39 is 5.97 Å². The highest BCUT2D eigenvalue weighted by Gasteiger charge is 2.18. The van der Waals surface area contributed by atoms with E-state index in [0.717, 1.165) is 31.7 Å². The molecule has 7 heteroatoms. The highest BCUT2D eigenvalue weighted by Crippen LogP contribution is 2.25. The van der Waals surface area contributed by atoms with E-state index in [1.54, 1.807) is 13.0 Å². The molecule has 7 nitrogen and oxygen atoms in total. The van der Waals surface area contributed by atoms with Crippen molar-refractivity contribution in [1.82, 2.24) is 4.90 Å². The van der Waals surface area contributed by atoms with Crippen molar-refractivity contribution in [2.75, 3.05) is 37.6 Å². The van der Waals surface area contributed by atoms with E-state index >= 15 is 0 Å². The monoisotopic (exact) mass is 293 g/mol. The van der Waals surface area contributed by atoms with Crippen molar-refractivity contribution >= 4 is 17.3 Å². The average Bonchev–Trinajstić information content (AvgIpc) is 2.63. The Morgan fingerprint density at radius 2 is 2.10 bits per heavy atom. The third-order valence-electron chi connectivity index (χ3n) is 3.69. The largest absolute Gasteiger partial charge is 0.480 e. The minimum atomic E-state index is -0.811. The van der Waals surface area contributed by atoms with Gasteiger partial charge in [-0.25, -0.2) is 0 Å². The van der Waals surface area contributed by atoms with Crippen molar-refractivity contribution in [3.63, 3.8) is 0 Å². The van der Waals surface area contributed by atoms with Gasteiger partial charge in [-0.15, -0.1) is 0 Å². The summed E-state index contributed by atoms with van der Waals surface area (Å²) < 4.78 is 0. The number of nitro groups is 1. The molecule has 2 rings (SSSR count). The highest BCUT2D eigenvalue weighted by molar-refractivity contribution is 5.69. The molecule has 1 aliphatic heterocycles. The number of nitrogens with zero attached hydrogens (tertiary/aromatic N) is 3. The maximum Gasteiger partial charge on any atom is 0.317 e. The third-order valence-corrected chi connectivity index (χ3v) is 3.69.